The summed E-state index contributed by atoms with van der Waals surface area (Å²) in [5.41, 5.74) is 1.65. The average Bonchev–Trinajstić information content (AvgIpc) is 3.11. The first-order chi connectivity index (χ1) is 9.71. The van der Waals surface area contributed by atoms with Crippen LogP contribution < -0.4 is 0 Å². The molecule has 114 valence electrons. The van der Waals surface area contributed by atoms with Gasteiger partial charge in [-0.05, 0) is 57.0 Å². The predicted octanol–water partition coefficient (Wildman–Crippen LogP) is 4.72. The smallest absolute Gasteiger partial charge is 0.0928 e. The van der Waals surface area contributed by atoms with Gasteiger partial charge in [0.1, 0.15) is 0 Å². The van der Waals surface area contributed by atoms with Gasteiger partial charge in [-0.3, -0.25) is 0 Å². The highest BCUT2D eigenvalue weighted by atomic mass is 35.5. The number of thiazole rings is 1. The number of aryl methyl sites for hydroxylation is 1. The third-order valence-electron chi connectivity index (χ3n) is 4.87. The minimum Gasteiger partial charge on any atom is -0.303 e. The van der Waals surface area contributed by atoms with Crippen molar-refractivity contribution >= 4 is 22.9 Å². The van der Waals surface area contributed by atoms with Crippen molar-refractivity contribution in [2.75, 3.05) is 19.6 Å². The third-order valence-corrected chi connectivity index (χ3v) is 6.10. The molecule has 0 aromatic carbocycles. The summed E-state index contributed by atoms with van der Waals surface area (Å²) in [7, 11) is 0. The maximum atomic E-state index is 5.78. The summed E-state index contributed by atoms with van der Waals surface area (Å²) in [5.74, 6) is 0.542. The Morgan fingerprint density at radius 1 is 1.35 bits per heavy atom. The molecule has 1 aliphatic rings. The Hall–Kier alpha value is -0.120. The summed E-state index contributed by atoms with van der Waals surface area (Å²) in [6, 6.07) is 0. The summed E-state index contributed by atoms with van der Waals surface area (Å²) >= 11 is 7.53. The largest absolute Gasteiger partial charge is 0.303 e. The number of unbranched alkanes of at least 4 members (excludes halogenated alkanes) is 1. The van der Waals surface area contributed by atoms with Crippen LogP contribution in [-0.2, 0) is 12.3 Å². The van der Waals surface area contributed by atoms with E-state index < -0.39 is 0 Å². The SMILES string of the molecule is CCC1(CC)CCN(CCCCc2nc(CCl)cs2)C1. The molecule has 0 saturated carbocycles. The second-order valence-electron chi connectivity index (χ2n) is 6.06. The molecular formula is C16H27ClN2S. The maximum Gasteiger partial charge on any atom is 0.0928 e. The van der Waals surface area contributed by atoms with Crippen molar-refractivity contribution < 1.29 is 0 Å². The monoisotopic (exact) mass is 314 g/mol. The van der Waals surface area contributed by atoms with Crippen molar-refractivity contribution in [3.8, 4) is 0 Å². The van der Waals surface area contributed by atoms with Crippen LogP contribution in [0.25, 0.3) is 0 Å². The van der Waals surface area contributed by atoms with Gasteiger partial charge >= 0.3 is 0 Å². The summed E-state index contributed by atoms with van der Waals surface area (Å²) in [6.07, 6.45) is 7.71. The number of likely N-dealkylation sites (tertiary alicyclic amines) is 1. The Kier molecular flexibility index (Phi) is 6.31. The van der Waals surface area contributed by atoms with E-state index in [-0.39, 0.29) is 0 Å². The second-order valence-corrected chi connectivity index (χ2v) is 7.27. The fraction of sp³-hybridized carbons (Fsp3) is 0.812. The van der Waals surface area contributed by atoms with Gasteiger partial charge in [0.15, 0.2) is 0 Å². The molecule has 2 nitrogen and oxygen atoms in total. The van der Waals surface area contributed by atoms with Gasteiger partial charge in [-0.25, -0.2) is 4.98 Å². The van der Waals surface area contributed by atoms with Crippen molar-refractivity contribution in [1.29, 1.82) is 0 Å². The van der Waals surface area contributed by atoms with E-state index in [2.05, 4.69) is 29.1 Å². The minimum atomic E-state index is 0.542. The number of hydrogen-bond acceptors (Lipinski definition) is 3. The van der Waals surface area contributed by atoms with Crippen molar-refractivity contribution in [2.45, 2.75) is 58.3 Å². The van der Waals surface area contributed by atoms with Crippen LogP contribution in [0, 0.1) is 5.41 Å². The number of aromatic nitrogens is 1. The van der Waals surface area contributed by atoms with Crippen LogP contribution in [0.2, 0.25) is 0 Å². The Balaban J connectivity index is 1.64. The van der Waals surface area contributed by atoms with E-state index in [1.54, 1.807) is 11.3 Å². The average molecular weight is 315 g/mol. The topological polar surface area (TPSA) is 16.1 Å². The molecule has 1 aliphatic heterocycles. The summed E-state index contributed by atoms with van der Waals surface area (Å²) in [6.45, 7) is 8.58. The molecular weight excluding hydrogens is 288 g/mol. The normalized spacial score (nSPS) is 18.8. The molecule has 1 saturated heterocycles. The third kappa shape index (κ3) is 4.19. The molecule has 0 N–H and O–H groups in total. The fourth-order valence-corrected chi connectivity index (χ4v) is 4.25. The molecule has 2 heterocycles. The highest BCUT2D eigenvalue weighted by molar-refractivity contribution is 7.09. The molecule has 4 heteroatoms. The van der Waals surface area contributed by atoms with Crippen molar-refractivity contribution in [1.82, 2.24) is 9.88 Å². The van der Waals surface area contributed by atoms with Gasteiger partial charge in [-0.1, -0.05) is 13.8 Å². The molecule has 0 spiro atoms. The first-order valence-corrected chi connectivity index (χ1v) is 9.34. The maximum absolute atomic E-state index is 5.78. The van der Waals surface area contributed by atoms with Crippen molar-refractivity contribution in [3.05, 3.63) is 16.1 Å². The molecule has 1 aromatic rings. The lowest BCUT2D eigenvalue weighted by atomic mass is 9.82. The van der Waals surface area contributed by atoms with Gasteiger partial charge < -0.3 is 4.90 Å². The first-order valence-electron chi connectivity index (χ1n) is 7.93. The number of halogens is 1. The quantitative estimate of drug-likeness (QED) is 0.510. The number of rotatable bonds is 8. The van der Waals surface area contributed by atoms with Crippen LogP contribution in [0.3, 0.4) is 0 Å². The zero-order chi connectivity index (χ0) is 14.4. The molecule has 0 aliphatic carbocycles. The second kappa shape index (κ2) is 7.77. The number of alkyl halides is 1. The van der Waals surface area contributed by atoms with Crippen LogP contribution in [-0.4, -0.2) is 29.5 Å². The standard InChI is InChI=1S/C16H27ClN2S/c1-3-16(4-2)8-10-19(13-16)9-6-5-7-15-18-14(11-17)12-20-15/h12H,3-11,13H2,1-2H3. The van der Waals surface area contributed by atoms with Gasteiger partial charge in [0, 0.05) is 11.9 Å². The molecule has 2 rings (SSSR count). The summed E-state index contributed by atoms with van der Waals surface area (Å²) < 4.78 is 0. The first kappa shape index (κ1) is 16.3. The molecule has 0 amide bonds. The van der Waals surface area contributed by atoms with Crippen LogP contribution in [0.5, 0.6) is 0 Å². The lowest BCUT2D eigenvalue weighted by molar-refractivity contribution is 0.238. The van der Waals surface area contributed by atoms with Gasteiger partial charge in [0.2, 0.25) is 0 Å². The summed E-state index contributed by atoms with van der Waals surface area (Å²) in [4.78, 5) is 7.19. The molecule has 0 unspecified atom stereocenters. The minimum absolute atomic E-state index is 0.542. The Morgan fingerprint density at radius 2 is 2.15 bits per heavy atom. The fourth-order valence-electron chi connectivity index (χ4n) is 3.18. The van der Waals surface area contributed by atoms with Crippen LogP contribution >= 0.6 is 22.9 Å². The molecule has 0 bridgehead atoms. The number of nitrogens with zero attached hydrogens (tertiary/aromatic N) is 2. The molecule has 0 radical (unpaired) electrons. The lowest BCUT2D eigenvalue weighted by Gasteiger charge is -2.26. The Morgan fingerprint density at radius 3 is 2.75 bits per heavy atom. The molecule has 20 heavy (non-hydrogen) atoms. The Labute approximate surface area is 132 Å². The lowest BCUT2D eigenvalue weighted by Crippen LogP contribution is -2.27. The zero-order valence-electron chi connectivity index (χ0n) is 12.8. The molecule has 1 fully saturated rings. The van der Waals surface area contributed by atoms with Gasteiger partial charge in [-0.2, -0.15) is 0 Å². The zero-order valence-corrected chi connectivity index (χ0v) is 14.4. The Bertz CT molecular complexity index is 401. The predicted molar refractivity (Wildman–Crippen MR) is 88.7 cm³/mol. The van der Waals surface area contributed by atoms with Crippen molar-refractivity contribution in [2.24, 2.45) is 5.41 Å². The molecule has 0 atom stereocenters. The van der Waals surface area contributed by atoms with E-state index in [0.717, 1.165) is 12.1 Å². The highest BCUT2D eigenvalue weighted by Crippen LogP contribution is 2.36. The van der Waals surface area contributed by atoms with Gasteiger partial charge in [0.05, 0.1) is 16.6 Å². The van der Waals surface area contributed by atoms with E-state index in [9.17, 15) is 0 Å². The van der Waals surface area contributed by atoms with Crippen LogP contribution in [0.1, 0.15) is 56.7 Å². The number of hydrogen-bond donors (Lipinski definition) is 0. The van der Waals surface area contributed by atoms with Gasteiger partial charge in [-0.15, -0.1) is 22.9 Å². The van der Waals surface area contributed by atoms with Crippen molar-refractivity contribution in [3.63, 3.8) is 0 Å². The van der Waals surface area contributed by atoms with E-state index in [1.807, 2.05) is 0 Å². The van der Waals surface area contributed by atoms with E-state index in [1.165, 1.54) is 56.7 Å². The summed E-state index contributed by atoms with van der Waals surface area (Å²) in [5, 5.41) is 3.33. The van der Waals surface area contributed by atoms with Gasteiger partial charge in [0.25, 0.3) is 0 Å². The van der Waals surface area contributed by atoms with E-state index in [0.29, 0.717) is 11.3 Å². The van der Waals surface area contributed by atoms with E-state index in [4.69, 9.17) is 11.6 Å². The van der Waals surface area contributed by atoms with Crippen LogP contribution in [0.15, 0.2) is 5.38 Å². The van der Waals surface area contributed by atoms with Crippen LogP contribution in [0.4, 0.5) is 0 Å². The molecule has 1 aromatic heterocycles. The highest BCUT2D eigenvalue weighted by Gasteiger charge is 2.34. The van der Waals surface area contributed by atoms with E-state index >= 15 is 0 Å².